The fourth-order valence-electron chi connectivity index (χ4n) is 1.89. The number of carbonyl (C=O) groups excluding carboxylic acids is 1. The summed E-state index contributed by atoms with van der Waals surface area (Å²) in [5.41, 5.74) is -0.613. The molecule has 16 heavy (non-hydrogen) atoms. The first-order valence-corrected chi connectivity index (χ1v) is 6.16. The highest BCUT2D eigenvalue weighted by molar-refractivity contribution is 5.73. The number of carbonyl (C=O) groups is 1. The van der Waals surface area contributed by atoms with Crippen molar-refractivity contribution in [3.8, 4) is 0 Å². The second-order valence-electron chi connectivity index (χ2n) is 5.01. The minimum atomic E-state index is -0.613. The Morgan fingerprint density at radius 3 is 2.50 bits per heavy atom. The van der Waals surface area contributed by atoms with Crippen molar-refractivity contribution in [2.24, 2.45) is 0 Å². The molecular formula is C12H24N2O2. The molecule has 0 aliphatic carbocycles. The van der Waals surface area contributed by atoms with E-state index >= 15 is 0 Å². The molecule has 1 atom stereocenters. The van der Waals surface area contributed by atoms with Crippen molar-refractivity contribution < 1.29 is 9.90 Å². The number of nitrogens with zero attached hydrogens (tertiary/aromatic N) is 1. The van der Waals surface area contributed by atoms with Crippen molar-refractivity contribution in [1.82, 2.24) is 10.2 Å². The molecule has 1 rings (SSSR count). The van der Waals surface area contributed by atoms with Crippen LogP contribution in [0.3, 0.4) is 0 Å². The van der Waals surface area contributed by atoms with Crippen LogP contribution in [0.1, 0.15) is 40.0 Å². The highest BCUT2D eigenvalue weighted by Crippen LogP contribution is 2.12. The lowest BCUT2D eigenvalue weighted by atomic mass is 10.0. The van der Waals surface area contributed by atoms with Gasteiger partial charge >= 0.3 is 0 Å². The number of aliphatic hydroxyl groups is 1. The molecule has 1 heterocycles. The Kier molecular flexibility index (Phi) is 4.74. The summed E-state index contributed by atoms with van der Waals surface area (Å²) in [5.74, 6) is 0.166. The number of amides is 1. The Labute approximate surface area is 98.0 Å². The topological polar surface area (TPSA) is 52.6 Å². The summed E-state index contributed by atoms with van der Waals surface area (Å²) in [6.45, 7) is 7.76. The Morgan fingerprint density at radius 1 is 1.50 bits per heavy atom. The fourth-order valence-corrected chi connectivity index (χ4v) is 1.89. The monoisotopic (exact) mass is 228 g/mol. The Balaban J connectivity index is 2.25. The van der Waals surface area contributed by atoms with E-state index in [9.17, 15) is 9.90 Å². The average Bonchev–Trinajstić information content (AvgIpc) is 2.27. The predicted molar refractivity (Wildman–Crippen MR) is 64.2 cm³/mol. The third-order valence-electron chi connectivity index (χ3n) is 3.47. The molecule has 0 aromatic carbocycles. The summed E-state index contributed by atoms with van der Waals surface area (Å²) < 4.78 is 0. The Morgan fingerprint density at radius 2 is 2.06 bits per heavy atom. The minimum absolute atomic E-state index is 0.166. The van der Waals surface area contributed by atoms with Crippen LogP contribution < -0.4 is 5.32 Å². The van der Waals surface area contributed by atoms with Crippen molar-refractivity contribution in [3.63, 3.8) is 0 Å². The molecular weight excluding hydrogens is 204 g/mol. The van der Waals surface area contributed by atoms with Gasteiger partial charge in [0, 0.05) is 32.6 Å². The van der Waals surface area contributed by atoms with Crippen LogP contribution in [-0.4, -0.2) is 47.2 Å². The first-order valence-electron chi connectivity index (χ1n) is 6.16. The van der Waals surface area contributed by atoms with Crippen LogP contribution in [0.2, 0.25) is 0 Å². The average molecular weight is 228 g/mol. The van der Waals surface area contributed by atoms with Crippen molar-refractivity contribution >= 4 is 5.91 Å². The van der Waals surface area contributed by atoms with E-state index in [1.165, 1.54) is 0 Å². The molecule has 2 N–H and O–H groups in total. The van der Waals surface area contributed by atoms with Crippen molar-refractivity contribution in [2.75, 3.05) is 19.6 Å². The standard InChI is InChI=1S/C12H24N2O2/c1-4-12(3,16)9-13-11-5-7-14(8-6-11)10(2)15/h11,13,16H,4-9H2,1-3H3. The molecule has 0 bridgehead atoms. The van der Waals surface area contributed by atoms with E-state index in [1.54, 1.807) is 6.92 Å². The summed E-state index contributed by atoms with van der Waals surface area (Å²) in [6, 6.07) is 0.439. The van der Waals surface area contributed by atoms with Gasteiger partial charge in [-0.05, 0) is 26.2 Å². The highest BCUT2D eigenvalue weighted by Gasteiger charge is 2.23. The fraction of sp³-hybridized carbons (Fsp3) is 0.917. The zero-order chi connectivity index (χ0) is 12.2. The lowest BCUT2D eigenvalue weighted by Crippen LogP contribution is -2.48. The Bertz CT molecular complexity index is 233. The molecule has 94 valence electrons. The molecule has 0 spiro atoms. The zero-order valence-corrected chi connectivity index (χ0v) is 10.6. The maximum absolute atomic E-state index is 11.1. The van der Waals surface area contributed by atoms with Crippen LogP contribution >= 0.6 is 0 Å². The van der Waals surface area contributed by atoms with E-state index in [2.05, 4.69) is 5.32 Å². The molecule has 0 aromatic heterocycles. The molecule has 1 saturated heterocycles. The number of likely N-dealkylation sites (tertiary alicyclic amines) is 1. The first-order chi connectivity index (χ1) is 7.44. The lowest BCUT2D eigenvalue weighted by molar-refractivity contribution is -0.129. The maximum Gasteiger partial charge on any atom is 0.219 e. The molecule has 0 radical (unpaired) electrons. The summed E-state index contributed by atoms with van der Waals surface area (Å²) in [5, 5.41) is 13.3. The zero-order valence-electron chi connectivity index (χ0n) is 10.6. The molecule has 4 heteroatoms. The molecule has 1 fully saturated rings. The van der Waals surface area contributed by atoms with Gasteiger partial charge in [0.25, 0.3) is 0 Å². The van der Waals surface area contributed by atoms with E-state index in [4.69, 9.17) is 0 Å². The maximum atomic E-state index is 11.1. The van der Waals surface area contributed by atoms with Gasteiger partial charge in [0.2, 0.25) is 5.91 Å². The van der Waals surface area contributed by atoms with Gasteiger partial charge in [0.15, 0.2) is 0 Å². The van der Waals surface area contributed by atoms with Crippen molar-refractivity contribution in [3.05, 3.63) is 0 Å². The molecule has 4 nitrogen and oxygen atoms in total. The number of piperidine rings is 1. The highest BCUT2D eigenvalue weighted by atomic mass is 16.3. The van der Waals surface area contributed by atoms with Gasteiger partial charge in [0.1, 0.15) is 0 Å². The summed E-state index contributed by atoms with van der Waals surface area (Å²) in [4.78, 5) is 13.0. The van der Waals surface area contributed by atoms with Crippen molar-refractivity contribution in [1.29, 1.82) is 0 Å². The van der Waals surface area contributed by atoms with E-state index in [-0.39, 0.29) is 5.91 Å². The van der Waals surface area contributed by atoms with Crippen LogP contribution in [0.25, 0.3) is 0 Å². The lowest BCUT2D eigenvalue weighted by Gasteiger charge is -2.33. The van der Waals surface area contributed by atoms with Gasteiger partial charge in [-0.15, -0.1) is 0 Å². The van der Waals surface area contributed by atoms with Crippen LogP contribution in [0.4, 0.5) is 0 Å². The van der Waals surface area contributed by atoms with Gasteiger partial charge in [-0.2, -0.15) is 0 Å². The van der Waals surface area contributed by atoms with Crippen LogP contribution in [0, 0.1) is 0 Å². The molecule has 0 saturated carbocycles. The quantitative estimate of drug-likeness (QED) is 0.746. The predicted octanol–water partition coefficient (Wildman–Crippen LogP) is 0.748. The second-order valence-corrected chi connectivity index (χ2v) is 5.01. The van der Waals surface area contributed by atoms with E-state index in [0.717, 1.165) is 32.4 Å². The van der Waals surface area contributed by atoms with Gasteiger partial charge in [-0.3, -0.25) is 4.79 Å². The summed E-state index contributed by atoms with van der Waals surface area (Å²) in [7, 11) is 0. The van der Waals surface area contributed by atoms with Crippen LogP contribution in [0.5, 0.6) is 0 Å². The first kappa shape index (κ1) is 13.5. The third-order valence-corrected chi connectivity index (χ3v) is 3.47. The number of hydrogen-bond donors (Lipinski definition) is 2. The summed E-state index contributed by atoms with van der Waals surface area (Å²) in [6.07, 6.45) is 2.73. The van der Waals surface area contributed by atoms with Gasteiger partial charge in [0.05, 0.1) is 5.60 Å². The van der Waals surface area contributed by atoms with Crippen molar-refractivity contribution in [2.45, 2.75) is 51.7 Å². The number of nitrogens with one attached hydrogen (secondary N) is 1. The van der Waals surface area contributed by atoms with Gasteiger partial charge in [-0.25, -0.2) is 0 Å². The third kappa shape index (κ3) is 4.10. The van der Waals surface area contributed by atoms with Crippen LogP contribution in [-0.2, 0) is 4.79 Å². The Hall–Kier alpha value is -0.610. The molecule has 1 aliphatic rings. The summed E-state index contributed by atoms with van der Waals surface area (Å²) >= 11 is 0. The van der Waals surface area contributed by atoms with E-state index in [1.807, 2.05) is 18.7 Å². The van der Waals surface area contributed by atoms with Gasteiger partial charge < -0.3 is 15.3 Å². The number of hydrogen-bond acceptors (Lipinski definition) is 3. The normalized spacial score (nSPS) is 21.9. The molecule has 1 amide bonds. The molecule has 0 aromatic rings. The van der Waals surface area contributed by atoms with E-state index in [0.29, 0.717) is 12.6 Å². The second kappa shape index (κ2) is 5.64. The molecule has 1 unspecified atom stereocenters. The largest absolute Gasteiger partial charge is 0.389 e. The number of rotatable bonds is 4. The van der Waals surface area contributed by atoms with E-state index < -0.39 is 5.60 Å². The van der Waals surface area contributed by atoms with Crippen LogP contribution in [0.15, 0.2) is 0 Å². The smallest absolute Gasteiger partial charge is 0.219 e. The van der Waals surface area contributed by atoms with Gasteiger partial charge in [-0.1, -0.05) is 6.92 Å². The SMILES string of the molecule is CCC(C)(O)CNC1CCN(C(C)=O)CC1. The molecule has 1 aliphatic heterocycles. The minimum Gasteiger partial charge on any atom is -0.389 e.